The topological polar surface area (TPSA) is 63.6 Å². The van der Waals surface area contributed by atoms with Crippen molar-refractivity contribution in [1.82, 2.24) is 9.29 Å². The summed E-state index contributed by atoms with van der Waals surface area (Å²) in [6.07, 6.45) is 0.561. The average Bonchev–Trinajstić information content (AvgIpc) is 3.36. The van der Waals surface area contributed by atoms with Crippen LogP contribution in [-0.4, -0.2) is 45.8 Å². The maximum absolute atomic E-state index is 12.9. The summed E-state index contributed by atoms with van der Waals surface area (Å²) >= 11 is 0. The van der Waals surface area contributed by atoms with Gasteiger partial charge in [-0.05, 0) is 41.0 Å². The highest BCUT2D eigenvalue weighted by Crippen LogP contribution is 2.35. The molecule has 0 amide bonds. The summed E-state index contributed by atoms with van der Waals surface area (Å²) in [7, 11) is -3.47. The van der Waals surface area contributed by atoms with Crippen molar-refractivity contribution < 1.29 is 13.2 Å². The van der Waals surface area contributed by atoms with Gasteiger partial charge in [0.2, 0.25) is 10.0 Å². The van der Waals surface area contributed by atoms with Gasteiger partial charge in [-0.15, -0.1) is 0 Å². The molecule has 1 N–H and O–H groups in total. The Labute approximate surface area is 242 Å². The number of morpholine rings is 1. The van der Waals surface area contributed by atoms with Gasteiger partial charge in [-0.1, -0.05) is 91.0 Å². The summed E-state index contributed by atoms with van der Waals surface area (Å²) in [5.74, 6) is -0.0314. The molecule has 0 radical (unpaired) electrons. The van der Waals surface area contributed by atoms with Crippen molar-refractivity contribution in [2.24, 2.45) is 0 Å². The fraction of sp³-hybridized carbons (Fsp3) is 0.235. The van der Waals surface area contributed by atoms with E-state index in [1.165, 1.54) is 16.8 Å². The largest absolute Gasteiger partial charge is 0.378 e. The van der Waals surface area contributed by atoms with Gasteiger partial charge < -0.3 is 14.2 Å². The molecule has 0 atom stereocenters. The number of ether oxygens (including phenoxy) is 1. The highest BCUT2D eigenvalue weighted by Gasteiger charge is 2.23. The molecule has 210 valence electrons. The molecule has 1 fully saturated rings. The Morgan fingerprint density at radius 2 is 1.37 bits per heavy atom. The molecule has 6 rings (SSSR count). The number of benzene rings is 4. The van der Waals surface area contributed by atoms with E-state index in [0.29, 0.717) is 13.0 Å². The first-order chi connectivity index (χ1) is 20.1. The van der Waals surface area contributed by atoms with E-state index in [2.05, 4.69) is 87.0 Å². The Kier molecular flexibility index (Phi) is 8.19. The Hall–Kier alpha value is -3.91. The molecule has 41 heavy (non-hydrogen) atoms. The molecule has 7 heteroatoms. The first-order valence-corrected chi connectivity index (χ1v) is 15.8. The van der Waals surface area contributed by atoms with Crippen LogP contribution in [0.2, 0.25) is 0 Å². The van der Waals surface area contributed by atoms with Crippen molar-refractivity contribution in [2.45, 2.75) is 18.2 Å². The molecule has 0 aliphatic carbocycles. The molecule has 1 aliphatic rings. The standard InChI is InChI=1S/C34H35N3O3S/c38-41(39,26-27-10-4-1-5-11-27)35-19-18-32-25-30-24-31(36-20-22-40-23-21-36)16-17-33(30)37(32)34(28-12-6-2-7-13-28)29-14-8-3-9-15-29/h1-17,24-25,34-35H,18-23,26H2. The van der Waals surface area contributed by atoms with Gasteiger partial charge >= 0.3 is 0 Å². The second-order valence-electron chi connectivity index (χ2n) is 10.5. The minimum Gasteiger partial charge on any atom is -0.378 e. The fourth-order valence-corrected chi connectivity index (χ4v) is 6.88. The maximum Gasteiger partial charge on any atom is 0.215 e. The quantitative estimate of drug-likeness (QED) is 0.233. The van der Waals surface area contributed by atoms with E-state index in [0.717, 1.165) is 48.5 Å². The lowest BCUT2D eigenvalue weighted by molar-refractivity contribution is 0.122. The predicted octanol–water partition coefficient (Wildman–Crippen LogP) is 5.78. The number of nitrogens with zero attached hydrogens (tertiary/aromatic N) is 2. The van der Waals surface area contributed by atoms with Crippen LogP contribution in [0.1, 0.15) is 28.4 Å². The molecule has 0 spiro atoms. The molecule has 0 saturated carbocycles. The molecule has 0 unspecified atom stereocenters. The zero-order valence-electron chi connectivity index (χ0n) is 23.0. The molecule has 1 aromatic heterocycles. The molecule has 2 heterocycles. The average molecular weight is 566 g/mol. The van der Waals surface area contributed by atoms with Gasteiger partial charge in [0.15, 0.2) is 0 Å². The lowest BCUT2D eigenvalue weighted by Crippen LogP contribution is -2.36. The third kappa shape index (κ3) is 6.38. The Balaban J connectivity index is 1.38. The first-order valence-electron chi connectivity index (χ1n) is 14.2. The van der Waals surface area contributed by atoms with Crippen LogP contribution >= 0.6 is 0 Å². The van der Waals surface area contributed by atoms with Gasteiger partial charge in [0.1, 0.15) is 0 Å². The normalized spacial score (nSPS) is 14.1. The monoisotopic (exact) mass is 565 g/mol. The molecule has 1 aliphatic heterocycles. The molecule has 1 saturated heterocycles. The van der Waals surface area contributed by atoms with Crippen molar-refractivity contribution in [1.29, 1.82) is 0 Å². The van der Waals surface area contributed by atoms with Gasteiger partial charge in [-0.2, -0.15) is 0 Å². The molecule has 4 aromatic carbocycles. The van der Waals surface area contributed by atoms with Crippen molar-refractivity contribution in [3.63, 3.8) is 0 Å². The minimum atomic E-state index is -3.47. The molecular formula is C34H35N3O3S. The number of rotatable bonds is 10. The van der Waals surface area contributed by atoms with Crippen LogP contribution in [0.15, 0.2) is 115 Å². The zero-order chi connectivity index (χ0) is 28.1. The third-order valence-corrected chi connectivity index (χ3v) is 9.03. The van der Waals surface area contributed by atoms with Crippen molar-refractivity contribution >= 4 is 26.6 Å². The smallest absolute Gasteiger partial charge is 0.215 e. The van der Waals surface area contributed by atoms with Crippen LogP contribution in [0.3, 0.4) is 0 Å². The Morgan fingerprint density at radius 1 is 0.756 bits per heavy atom. The van der Waals surface area contributed by atoms with E-state index in [1.807, 2.05) is 42.5 Å². The van der Waals surface area contributed by atoms with E-state index in [1.54, 1.807) is 0 Å². The lowest BCUT2D eigenvalue weighted by Gasteiger charge is -2.29. The second kappa shape index (κ2) is 12.3. The van der Waals surface area contributed by atoms with E-state index >= 15 is 0 Å². The van der Waals surface area contributed by atoms with Crippen LogP contribution in [0.4, 0.5) is 5.69 Å². The summed E-state index contributed by atoms with van der Waals surface area (Å²) < 4.78 is 36.6. The Bertz CT molecular complexity index is 1640. The maximum atomic E-state index is 12.9. The van der Waals surface area contributed by atoms with Gasteiger partial charge in [0.25, 0.3) is 0 Å². The number of anilines is 1. The van der Waals surface area contributed by atoms with Crippen LogP contribution in [0.25, 0.3) is 10.9 Å². The van der Waals surface area contributed by atoms with Gasteiger partial charge in [-0.25, -0.2) is 13.1 Å². The SMILES string of the molecule is O=S(=O)(Cc1ccccc1)NCCc1cc2cc(N3CCOCC3)ccc2n1C(c1ccccc1)c1ccccc1. The first kappa shape index (κ1) is 27.3. The van der Waals surface area contributed by atoms with Gasteiger partial charge in [-0.3, -0.25) is 0 Å². The van der Waals surface area contributed by atoms with E-state index in [4.69, 9.17) is 4.74 Å². The molecular weight excluding hydrogens is 530 g/mol. The van der Waals surface area contributed by atoms with Crippen molar-refractivity contribution in [3.8, 4) is 0 Å². The van der Waals surface area contributed by atoms with Gasteiger partial charge in [0, 0.05) is 48.3 Å². The summed E-state index contributed by atoms with van der Waals surface area (Å²) in [5, 5.41) is 1.15. The Morgan fingerprint density at radius 3 is 2.00 bits per heavy atom. The number of fused-ring (bicyclic) bond motifs is 1. The summed E-state index contributed by atoms with van der Waals surface area (Å²) in [5.41, 5.74) is 6.53. The van der Waals surface area contributed by atoms with E-state index < -0.39 is 10.0 Å². The fourth-order valence-electron chi connectivity index (χ4n) is 5.74. The van der Waals surface area contributed by atoms with Crippen molar-refractivity contribution in [3.05, 3.63) is 138 Å². The number of nitrogens with one attached hydrogen (secondary N) is 1. The predicted molar refractivity (Wildman–Crippen MR) is 166 cm³/mol. The highest BCUT2D eigenvalue weighted by molar-refractivity contribution is 7.88. The summed E-state index contributed by atoms with van der Waals surface area (Å²) in [6, 6.07) is 39.2. The third-order valence-electron chi connectivity index (χ3n) is 7.67. The number of hydrogen-bond donors (Lipinski definition) is 1. The van der Waals surface area contributed by atoms with Crippen molar-refractivity contribution in [2.75, 3.05) is 37.7 Å². The van der Waals surface area contributed by atoms with Crippen LogP contribution in [0.5, 0.6) is 0 Å². The lowest BCUT2D eigenvalue weighted by atomic mass is 9.98. The second-order valence-corrected chi connectivity index (χ2v) is 12.3. The minimum absolute atomic E-state index is 0.0314. The number of aromatic nitrogens is 1. The van der Waals surface area contributed by atoms with Crippen LogP contribution < -0.4 is 9.62 Å². The molecule has 0 bridgehead atoms. The van der Waals surface area contributed by atoms with Gasteiger partial charge in [0.05, 0.1) is 25.0 Å². The molecule has 5 aromatic rings. The number of hydrogen-bond acceptors (Lipinski definition) is 4. The number of sulfonamides is 1. The van der Waals surface area contributed by atoms with E-state index in [9.17, 15) is 8.42 Å². The zero-order valence-corrected chi connectivity index (χ0v) is 23.8. The summed E-state index contributed by atoms with van der Waals surface area (Å²) in [6.45, 7) is 3.53. The summed E-state index contributed by atoms with van der Waals surface area (Å²) in [4.78, 5) is 2.36. The van der Waals surface area contributed by atoms with E-state index in [-0.39, 0.29) is 11.8 Å². The van der Waals surface area contributed by atoms with Crippen LogP contribution in [-0.2, 0) is 26.9 Å². The van der Waals surface area contributed by atoms with Crippen LogP contribution in [0, 0.1) is 0 Å². The highest BCUT2D eigenvalue weighted by atomic mass is 32.2. The molecule has 6 nitrogen and oxygen atoms in total.